The lowest BCUT2D eigenvalue weighted by molar-refractivity contribution is -0.136. The molecule has 5 nitrogen and oxygen atoms in total. The number of hydrogen-bond acceptors (Lipinski definition) is 3. The Kier molecular flexibility index (Phi) is 6.05. The molecule has 0 spiro atoms. The average molecular weight is 482 g/mol. The van der Waals surface area contributed by atoms with Crippen LogP contribution in [0, 0.1) is 11.2 Å². The molecule has 0 saturated heterocycles. The molecule has 2 rings (SSSR count). The minimum atomic E-state index is -1.73. The monoisotopic (exact) mass is 481 g/mol. The number of carboxylic acid groups (broad SMARTS) is 2. The Morgan fingerprint density at radius 3 is 1.73 bits per heavy atom. The van der Waals surface area contributed by atoms with Crippen molar-refractivity contribution in [2.24, 2.45) is 5.41 Å². The lowest BCUT2D eigenvalue weighted by Gasteiger charge is -2.54. The van der Waals surface area contributed by atoms with Crippen molar-refractivity contribution in [1.82, 2.24) is 4.90 Å². The van der Waals surface area contributed by atoms with Crippen LogP contribution in [0.5, 0.6) is 0 Å². The van der Waals surface area contributed by atoms with Crippen LogP contribution in [0.1, 0.15) is 61.0 Å². The van der Waals surface area contributed by atoms with Crippen LogP contribution >= 0.6 is 15.9 Å². The van der Waals surface area contributed by atoms with Gasteiger partial charge in [-0.3, -0.25) is 0 Å². The summed E-state index contributed by atoms with van der Waals surface area (Å²) >= 11 is 3.34. The molecule has 1 aromatic rings. The van der Waals surface area contributed by atoms with E-state index in [1.54, 1.807) is 39.5 Å². The smallest absolute Gasteiger partial charge is 0.334 e. The molecule has 0 saturated carbocycles. The molecule has 164 valence electrons. The molecule has 1 aromatic carbocycles. The molecule has 1 heterocycles. The molecule has 0 amide bonds. The van der Waals surface area contributed by atoms with Crippen molar-refractivity contribution in [2.45, 2.75) is 66.3 Å². The third kappa shape index (κ3) is 3.47. The van der Waals surface area contributed by atoms with Crippen LogP contribution in [0.4, 0.5) is 4.39 Å². The van der Waals surface area contributed by atoms with Gasteiger partial charge in [0.05, 0.1) is 16.6 Å². The molecule has 1 aliphatic rings. The molecule has 0 aromatic heterocycles. The van der Waals surface area contributed by atoms with E-state index in [2.05, 4.69) is 15.9 Å². The van der Waals surface area contributed by atoms with Gasteiger partial charge in [-0.05, 0) is 58.2 Å². The molecule has 0 aliphatic carbocycles. The number of halogens is 2. The summed E-state index contributed by atoms with van der Waals surface area (Å²) in [5.41, 5.74) is -2.76. The first-order chi connectivity index (χ1) is 13.5. The topological polar surface area (TPSA) is 77.8 Å². The molecule has 7 heteroatoms. The molecule has 2 N–H and O–H groups in total. The van der Waals surface area contributed by atoms with Gasteiger partial charge in [0.2, 0.25) is 0 Å². The first-order valence-corrected chi connectivity index (χ1v) is 10.4. The predicted octanol–water partition coefficient (Wildman–Crippen LogP) is 5.70. The summed E-state index contributed by atoms with van der Waals surface area (Å²) in [6.45, 7) is 14.2. The van der Waals surface area contributed by atoms with Crippen LogP contribution in [-0.2, 0) is 15.0 Å². The van der Waals surface area contributed by atoms with Crippen molar-refractivity contribution in [3.05, 3.63) is 56.6 Å². The second-order valence-corrected chi connectivity index (χ2v) is 10.6. The van der Waals surface area contributed by atoms with Gasteiger partial charge in [-0.15, -0.1) is 0 Å². The second-order valence-electron chi connectivity index (χ2n) is 9.66. The number of nitrogens with zero attached hydrogens (tertiary/aromatic N) is 1. The van der Waals surface area contributed by atoms with Gasteiger partial charge in [-0.1, -0.05) is 36.7 Å². The highest BCUT2D eigenvalue weighted by molar-refractivity contribution is 9.10. The van der Waals surface area contributed by atoms with Crippen molar-refractivity contribution < 1.29 is 24.2 Å². The summed E-state index contributed by atoms with van der Waals surface area (Å²) in [5.74, 6) is -3.21. The van der Waals surface area contributed by atoms with Gasteiger partial charge < -0.3 is 15.1 Å². The number of carboxylic acids is 2. The van der Waals surface area contributed by atoms with Gasteiger partial charge in [0.1, 0.15) is 5.82 Å². The molecule has 0 radical (unpaired) electrons. The first-order valence-electron chi connectivity index (χ1n) is 9.64. The highest BCUT2D eigenvalue weighted by Crippen LogP contribution is 2.58. The highest BCUT2D eigenvalue weighted by Gasteiger charge is 2.59. The number of allylic oxidation sites excluding steroid dienone is 2. The molecular weight excluding hydrogens is 453 g/mol. The summed E-state index contributed by atoms with van der Waals surface area (Å²) < 4.78 is 15.9. The molecule has 0 bridgehead atoms. The van der Waals surface area contributed by atoms with E-state index in [9.17, 15) is 19.8 Å². The van der Waals surface area contributed by atoms with Crippen molar-refractivity contribution >= 4 is 27.9 Å². The molecular formula is C23H29BrFNO4. The largest absolute Gasteiger partial charge is 0.478 e. The van der Waals surface area contributed by atoms with Crippen molar-refractivity contribution in [1.29, 1.82) is 0 Å². The molecule has 0 atom stereocenters. The summed E-state index contributed by atoms with van der Waals surface area (Å²) in [4.78, 5) is 27.1. The fraction of sp³-hybridized carbons (Fsp3) is 0.478. The van der Waals surface area contributed by atoms with Crippen molar-refractivity contribution in [3.8, 4) is 0 Å². The minimum absolute atomic E-state index is 0.0198. The van der Waals surface area contributed by atoms with Crippen LogP contribution in [-0.4, -0.2) is 32.6 Å². The molecule has 30 heavy (non-hydrogen) atoms. The Hall–Kier alpha value is -2.15. The van der Waals surface area contributed by atoms with Gasteiger partial charge in [0.25, 0.3) is 0 Å². The summed E-state index contributed by atoms with van der Waals surface area (Å²) in [6, 6.07) is 4.22. The lowest BCUT2D eigenvalue weighted by atomic mass is 9.53. The zero-order valence-electron chi connectivity index (χ0n) is 18.6. The molecule has 0 unspecified atom stereocenters. The van der Waals surface area contributed by atoms with E-state index < -0.39 is 34.1 Å². The number of hydrogen-bond donors (Lipinski definition) is 2. The number of rotatable bonds is 3. The third-order valence-electron chi connectivity index (χ3n) is 5.70. The summed E-state index contributed by atoms with van der Waals surface area (Å²) in [7, 11) is 0. The van der Waals surface area contributed by atoms with Gasteiger partial charge in [-0.2, -0.15) is 0 Å². The standard InChI is InChI=1S/C23H29BrFNO4/c1-12-17(19(27)28)23(21(3,4)5,15-11-14(24)9-10-16(15)25)18(20(29)30)13(2)26(12)22(6,7)8/h9-11H,1-8H3,(H,27,28)(H,29,30). The Bertz CT molecular complexity index is 942. The molecule has 1 aliphatic heterocycles. The minimum Gasteiger partial charge on any atom is -0.478 e. The van der Waals surface area contributed by atoms with E-state index in [4.69, 9.17) is 0 Å². The van der Waals surface area contributed by atoms with Crippen LogP contribution in [0.15, 0.2) is 45.2 Å². The fourth-order valence-corrected chi connectivity index (χ4v) is 5.35. The zero-order valence-corrected chi connectivity index (χ0v) is 20.2. The van der Waals surface area contributed by atoms with Crippen LogP contribution in [0.25, 0.3) is 0 Å². The Morgan fingerprint density at radius 1 is 0.967 bits per heavy atom. The Labute approximate surface area is 185 Å². The number of benzene rings is 1. The van der Waals surface area contributed by atoms with E-state index >= 15 is 4.39 Å². The van der Waals surface area contributed by atoms with E-state index in [0.29, 0.717) is 15.9 Å². The van der Waals surface area contributed by atoms with Crippen molar-refractivity contribution in [3.63, 3.8) is 0 Å². The Balaban J connectivity index is 3.27. The van der Waals surface area contributed by atoms with Gasteiger partial charge in [0.15, 0.2) is 0 Å². The van der Waals surface area contributed by atoms with E-state index in [1.807, 2.05) is 20.8 Å². The summed E-state index contributed by atoms with van der Waals surface area (Å²) in [5, 5.41) is 20.7. The lowest BCUT2D eigenvalue weighted by Crippen LogP contribution is -2.55. The molecule has 0 fully saturated rings. The first kappa shape index (κ1) is 24.1. The van der Waals surface area contributed by atoms with Crippen molar-refractivity contribution in [2.75, 3.05) is 0 Å². The van der Waals surface area contributed by atoms with E-state index in [-0.39, 0.29) is 16.7 Å². The van der Waals surface area contributed by atoms with Crippen LogP contribution in [0.2, 0.25) is 0 Å². The van der Waals surface area contributed by atoms with Gasteiger partial charge in [0, 0.05) is 27.0 Å². The van der Waals surface area contributed by atoms with E-state index in [0.717, 1.165) is 0 Å². The van der Waals surface area contributed by atoms with Crippen LogP contribution in [0.3, 0.4) is 0 Å². The maximum atomic E-state index is 15.3. The number of carbonyl (C=O) groups is 2. The third-order valence-corrected chi connectivity index (χ3v) is 6.19. The predicted molar refractivity (Wildman–Crippen MR) is 117 cm³/mol. The average Bonchev–Trinajstić information content (AvgIpc) is 2.52. The van der Waals surface area contributed by atoms with Gasteiger partial charge in [-0.25, -0.2) is 14.0 Å². The second kappa shape index (κ2) is 7.52. The zero-order chi connectivity index (χ0) is 23.4. The van der Waals surface area contributed by atoms with Gasteiger partial charge >= 0.3 is 11.9 Å². The normalized spacial score (nSPS) is 17.5. The van der Waals surface area contributed by atoms with E-state index in [1.165, 1.54) is 18.2 Å². The number of aliphatic carboxylic acids is 2. The quantitative estimate of drug-likeness (QED) is 0.578. The maximum Gasteiger partial charge on any atom is 0.334 e. The SMILES string of the molecule is CC1=C(C(=O)O)C(c2cc(Br)ccc2F)(C(C)(C)C)C(C(=O)O)=C(C)N1C(C)(C)C. The Morgan fingerprint density at radius 2 is 1.40 bits per heavy atom. The summed E-state index contributed by atoms with van der Waals surface area (Å²) in [6.07, 6.45) is 0. The fourth-order valence-electron chi connectivity index (χ4n) is 4.99. The van der Waals surface area contributed by atoms with Crippen LogP contribution < -0.4 is 0 Å². The maximum absolute atomic E-state index is 15.3. The highest BCUT2D eigenvalue weighted by atomic mass is 79.9.